The largest absolute Gasteiger partial charge is 0.396 e. The van der Waals surface area contributed by atoms with Crippen molar-refractivity contribution in [2.24, 2.45) is 5.92 Å². The number of benzene rings is 1. The lowest BCUT2D eigenvalue weighted by atomic mass is 9.81. The van der Waals surface area contributed by atoms with Crippen molar-refractivity contribution in [3.05, 3.63) is 35.4 Å². The summed E-state index contributed by atoms with van der Waals surface area (Å²) in [5, 5.41) is 9.47. The maximum Gasteiger partial charge on any atom is 0.0477 e. The van der Waals surface area contributed by atoms with Crippen molar-refractivity contribution in [1.29, 1.82) is 0 Å². The predicted molar refractivity (Wildman–Crippen MR) is 66.6 cm³/mol. The van der Waals surface area contributed by atoms with Crippen molar-refractivity contribution in [2.45, 2.75) is 19.3 Å². The summed E-state index contributed by atoms with van der Waals surface area (Å²) in [7, 11) is 2.13. The molecule has 1 fully saturated rings. The molecule has 1 heterocycles. The Morgan fingerprint density at radius 2 is 2.00 bits per heavy atom. The molecule has 16 heavy (non-hydrogen) atoms. The lowest BCUT2D eigenvalue weighted by molar-refractivity contribution is 0.118. The van der Waals surface area contributed by atoms with Crippen LogP contribution in [0.1, 0.15) is 23.5 Å². The van der Waals surface area contributed by atoms with Crippen molar-refractivity contribution < 1.29 is 5.11 Å². The maximum atomic E-state index is 9.47. The fourth-order valence-corrected chi connectivity index (χ4v) is 2.65. The molecule has 1 aliphatic heterocycles. The van der Waals surface area contributed by atoms with Gasteiger partial charge in [0.15, 0.2) is 0 Å². The maximum absolute atomic E-state index is 9.47. The van der Waals surface area contributed by atoms with Gasteiger partial charge in [-0.05, 0) is 38.4 Å². The summed E-state index contributed by atoms with van der Waals surface area (Å²) in [5.74, 6) is 0.920. The minimum atomic E-state index is 0.295. The first-order valence-electron chi connectivity index (χ1n) is 6.06. The first-order valence-corrected chi connectivity index (χ1v) is 6.06. The van der Waals surface area contributed by atoms with Gasteiger partial charge in [-0.15, -0.1) is 0 Å². The van der Waals surface area contributed by atoms with Crippen LogP contribution >= 0.6 is 0 Å². The van der Waals surface area contributed by atoms with E-state index in [4.69, 9.17) is 0 Å². The summed E-state index contributed by atoms with van der Waals surface area (Å²) in [6, 6.07) is 8.77. The van der Waals surface area contributed by atoms with Crippen LogP contribution in [0.5, 0.6) is 0 Å². The van der Waals surface area contributed by atoms with Gasteiger partial charge in [-0.2, -0.15) is 0 Å². The van der Waals surface area contributed by atoms with Crippen LogP contribution in [0.15, 0.2) is 24.3 Å². The fourth-order valence-electron chi connectivity index (χ4n) is 2.65. The summed E-state index contributed by atoms with van der Waals surface area (Å²) < 4.78 is 0. The lowest BCUT2D eigenvalue weighted by Crippen LogP contribution is -2.38. The normalized spacial score (nSPS) is 26.9. The van der Waals surface area contributed by atoms with Crippen LogP contribution in [0.4, 0.5) is 0 Å². The van der Waals surface area contributed by atoms with Crippen LogP contribution in [0.3, 0.4) is 0 Å². The summed E-state index contributed by atoms with van der Waals surface area (Å²) >= 11 is 0. The Morgan fingerprint density at radius 3 is 2.62 bits per heavy atom. The number of hydrogen-bond acceptors (Lipinski definition) is 2. The third-order valence-corrected chi connectivity index (χ3v) is 3.68. The van der Waals surface area contributed by atoms with Crippen molar-refractivity contribution in [3.8, 4) is 0 Å². The van der Waals surface area contributed by atoms with Gasteiger partial charge in [0.25, 0.3) is 0 Å². The molecular formula is C14H21NO. The molecule has 1 saturated heterocycles. The van der Waals surface area contributed by atoms with E-state index in [0.29, 0.717) is 18.4 Å². The number of nitrogens with zero attached hydrogens (tertiary/aromatic N) is 1. The zero-order valence-corrected chi connectivity index (χ0v) is 10.2. The molecule has 2 rings (SSSR count). The summed E-state index contributed by atoms with van der Waals surface area (Å²) in [4.78, 5) is 2.31. The number of piperidine rings is 1. The topological polar surface area (TPSA) is 23.5 Å². The van der Waals surface area contributed by atoms with Crippen LogP contribution < -0.4 is 0 Å². The summed E-state index contributed by atoms with van der Waals surface area (Å²) in [5.41, 5.74) is 2.69. The second-order valence-electron chi connectivity index (χ2n) is 5.01. The second kappa shape index (κ2) is 4.98. The van der Waals surface area contributed by atoms with Gasteiger partial charge in [0, 0.05) is 19.1 Å². The molecule has 1 N–H and O–H groups in total. The van der Waals surface area contributed by atoms with Crippen molar-refractivity contribution in [3.63, 3.8) is 0 Å². The van der Waals surface area contributed by atoms with E-state index in [9.17, 15) is 5.11 Å². The van der Waals surface area contributed by atoms with Crippen LogP contribution in [0.2, 0.25) is 0 Å². The molecule has 2 atom stereocenters. The van der Waals surface area contributed by atoms with Crippen LogP contribution in [-0.4, -0.2) is 36.8 Å². The highest BCUT2D eigenvalue weighted by atomic mass is 16.3. The molecular weight excluding hydrogens is 198 g/mol. The van der Waals surface area contributed by atoms with E-state index in [0.717, 1.165) is 19.5 Å². The fraction of sp³-hybridized carbons (Fsp3) is 0.571. The first-order chi connectivity index (χ1) is 7.70. The first kappa shape index (κ1) is 11.6. The summed E-state index contributed by atoms with van der Waals surface area (Å²) in [6.45, 7) is 4.55. The van der Waals surface area contributed by atoms with Gasteiger partial charge in [0.05, 0.1) is 0 Å². The highest BCUT2D eigenvalue weighted by Crippen LogP contribution is 2.32. The Labute approximate surface area is 97.9 Å². The number of aryl methyl sites for hydroxylation is 1. The molecule has 2 heteroatoms. The zero-order chi connectivity index (χ0) is 11.5. The SMILES string of the molecule is Cc1ccc([C@@H]2CCN(C)C[C@@H]2CO)cc1. The molecule has 0 aliphatic carbocycles. The second-order valence-corrected chi connectivity index (χ2v) is 5.01. The zero-order valence-electron chi connectivity index (χ0n) is 10.2. The average molecular weight is 219 g/mol. The van der Waals surface area contributed by atoms with Crippen molar-refractivity contribution in [2.75, 3.05) is 26.7 Å². The minimum Gasteiger partial charge on any atom is -0.396 e. The van der Waals surface area contributed by atoms with Gasteiger partial charge in [-0.1, -0.05) is 29.8 Å². The molecule has 0 radical (unpaired) electrons. The third kappa shape index (κ3) is 2.45. The Kier molecular flexibility index (Phi) is 3.62. The van der Waals surface area contributed by atoms with E-state index < -0.39 is 0 Å². The van der Waals surface area contributed by atoms with Gasteiger partial charge >= 0.3 is 0 Å². The van der Waals surface area contributed by atoms with E-state index in [1.54, 1.807) is 0 Å². The molecule has 1 aromatic rings. The van der Waals surface area contributed by atoms with Gasteiger partial charge in [0.2, 0.25) is 0 Å². The van der Waals surface area contributed by atoms with Crippen LogP contribution in [-0.2, 0) is 0 Å². The van der Waals surface area contributed by atoms with E-state index in [-0.39, 0.29) is 0 Å². The van der Waals surface area contributed by atoms with Gasteiger partial charge in [0.1, 0.15) is 0 Å². The molecule has 0 aromatic heterocycles. The third-order valence-electron chi connectivity index (χ3n) is 3.68. The highest BCUT2D eigenvalue weighted by molar-refractivity contribution is 5.25. The number of aliphatic hydroxyl groups excluding tert-OH is 1. The smallest absolute Gasteiger partial charge is 0.0477 e. The van der Waals surface area contributed by atoms with Gasteiger partial charge < -0.3 is 10.0 Å². The number of hydrogen-bond donors (Lipinski definition) is 1. The quantitative estimate of drug-likeness (QED) is 0.822. The average Bonchev–Trinajstić information content (AvgIpc) is 2.30. The predicted octanol–water partition coefficient (Wildman–Crippen LogP) is 2.02. The van der Waals surface area contributed by atoms with E-state index >= 15 is 0 Å². The molecule has 0 bridgehead atoms. The van der Waals surface area contributed by atoms with Crippen molar-refractivity contribution in [1.82, 2.24) is 4.90 Å². The number of rotatable bonds is 2. The highest BCUT2D eigenvalue weighted by Gasteiger charge is 2.28. The Bertz CT molecular complexity index is 333. The molecule has 0 unspecified atom stereocenters. The van der Waals surface area contributed by atoms with E-state index in [1.165, 1.54) is 11.1 Å². The Morgan fingerprint density at radius 1 is 1.31 bits per heavy atom. The monoisotopic (exact) mass is 219 g/mol. The summed E-state index contributed by atoms with van der Waals surface area (Å²) in [6.07, 6.45) is 1.16. The van der Waals surface area contributed by atoms with Crippen LogP contribution in [0, 0.1) is 12.8 Å². The van der Waals surface area contributed by atoms with Crippen LogP contribution in [0.25, 0.3) is 0 Å². The number of aliphatic hydroxyl groups is 1. The van der Waals surface area contributed by atoms with Gasteiger partial charge in [-0.25, -0.2) is 0 Å². The molecule has 1 aromatic carbocycles. The molecule has 0 saturated carbocycles. The molecule has 0 amide bonds. The van der Waals surface area contributed by atoms with E-state index in [2.05, 4.69) is 43.1 Å². The lowest BCUT2D eigenvalue weighted by Gasteiger charge is -2.36. The standard InChI is InChI=1S/C14H21NO/c1-11-3-5-12(6-4-11)14-7-8-15(2)9-13(14)10-16/h3-6,13-14,16H,7-10H2,1-2H3/t13-,14+/m1/s1. The Hall–Kier alpha value is -0.860. The molecule has 88 valence electrons. The molecule has 2 nitrogen and oxygen atoms in total. The van der Waals surface area contributed by atoms with Crippen molar-refractivity contribution >= 4 is 0 Å². The number of likely N-dealkylation sites (tertiary alicyclic amines) is 1. The molecule has 0 spiro atoms. The minimum absolute atomic E-state index is 0.295. The van der Waals surface area contributed by atoms with E-state index in [1.807, 2.05) is 0 Å². The molecule has 1 aliphatic rings. The Balaban J connectivity index is 2.15. The van der Waals surface area contributed by atoms with Gasteiger partial charge in [-0.3, -0.25) is 0 Å².